The monoisotopic (exact) mass is 513 g/mol. The molecule has 2 aromatic heterocycles. The number of aromatic hydroxyl groups is 1. The van der Waals surface area contributed by atoms with Crippen LogP contribution in [0.15, 0.2) is 70.6 Å². The van der Waals surface area contributed by atoms with Crippen LogP contribution in [0.25, 0.3) is 5.69 Å². The summed E-state index contributed by atoms with van der Waals surface area (Å²) >= 11 is 12.7. The lowest BCUT2D eigenvalue weighted by molar-refractivity contribution is 0.0781. The number of ether oxygens (including phenoxy) is 1. The highest BCUT2D eigenvalue weighted by molar-refractivity contribution is 6.37. The van der Waals surface area contributed by atoms with Crippen molar-refractivity contribution in [3.63, 3.8) is 0 Å². The Balaban J connectivity index is 1.60. The van der Waals surface area contributed by atoms with Crippen LogP contribution in [0.5, 0.6) is 17.2 Å². The zero-order valence-electron chi connectivity index (χ0n) is 18.1. The standard InChI is InChI=1S/C23H17Cl2N5O5/c1-29(12-13-3-2-6-26-10-13)22(33)16-9-15(4-5-19(16)31)35-21-17(24)7-14(8-18(21)25)30-23(34)28-20(32)11-27-30/h2-11,31H,12H2,1H3,(H,28,32,34). The molecule has 4 rings (SSSR count). The number of aromatic amines is 1. The summed E-state index contributed by atoms with van der Waals surface area (Å²) in [7, 11) is 1.60. The highest BCUT2D eigenvalue weighted by Gasteiger charge is 2.19. The van der Waals surface area contributed by atoms with E-state index in [1.807, 2.05) is 6.07 Å². The number of carbonyl (C=O) groups is 1. The number of carbonyl (C=O) groups excluding carboxylic acids is 1. The third-order valence-corrected chi connectivity index (χ3v) is 5.41. The number of nitrogens with zero attached hydrogens (tertiary/aromatic N) is 4. The molecule has 2 aromatic carbocycles. The fourth-order valence-electron chi connectivity index (χ4n) is 3.21. The van der Waals surface area contributed by atoms with E-state index in [1.165, 1.54) is 35.2 Å². The van der Waals surface area contributed by atoms with E-state index in [0.29, 0.717) is 0 Å². The average molecular weight is 514 g/mol. The number of amides is 1. The Labute approximate surface area is 208 Å². The van der Waals surface area contributed by atoms with Crippen LogP contribution in [0.3, 0.4) is 0 Å². The minimum Gasteiger partial charge on any atom is -0.507 e. The van der Waals surface area contributed by atoms with Gasteiger partial charge in [0.25, 0.3) is 11.5 Å². The molecule has 0 bridgehead atoms. The van der Waals surface area contributed by atoms with Gasteiger partial charge >= 0.3 is 5.69 Å². The van der Waals surface area contributed by atoms with Crippen LogP contribution >= 0.6 is 23.2 Å². The Morgan fingerprint density at radius 1 is 1.14 bits per heavy atom. The van der Waals surface area contributed by atoms with Gasteiger partial charge in [-0.15, -0.1) is 0 Å². The molecule has 0 spiro atoms. The molecular formula is C23H17Cl2N5O5. The predicted molar refractivity (Wildman–Crippen MR) is 129 cm³/mol. The molecule has 0 aliphatic heterocycles. The summed E-state index contributed by atoms with van der Waals surface area (Å²) in [5.74, 6) is -0.413. The number of rotatable bonds is 6. The van der Waals surface area contributed by atoms with Crippen LogP contribution < -0.4 is 16.0 Å². The van der Waals surface area contributed by atoms with E-state index in [9.17, 15) is 19.5 Å². The molecule has 0 aliphatic carbocycles. The second kappa shape index (κ2) is 10.00. The number of H-pyrrole nitrogens is 1. The number of halogens is 2. The van der Waals surface area contributed by atoms with Crippen molar-refractivity contribution >= 4 is 29.1 Å². The fourth-order valence-corrected chi connectivity index (χ4v) is 3.77. The molecule has 2 heterocycles. The normalized spacial score (nSPS) is 10.7. The number of benzene rings is 2. The summed E-state index contributed by atoms with van der Waals surface area (Å²) in [6.07, 6.45) is 4.22. The third kappa shape index (κ3) is 5.34. The van der Waals surface area contributed by atoms with Gasteiger partial charge in [-0.2, -0.15) is 9.78 Å². The number of hydrogen-bond acceptors (Lipinski definition) is 7. The smallest absolute Gasteiger partial charge is 0.349 e. The second-order valence-corrected chi connectivity index (χ2v) is 8.21. The van der Waals surface area contributed by atoms with Gasteiger partial charge in [0.15, 0.2) is 5.75 Å². The van der Waals surface area contributed by atoms with Crippen molar-refractivity contribution in [3.05, 3.63) is 103 Å². The largest absolute Gasteiger partial charge is 0.507 e. The van der Waals surface area contributed by atoms with Gasteiger partial charge in [-0.05, 0) is 42.0 Å². The van der Waals surface area contributed by atoms with Crippen molar-refractivity contribution in [3.8, 4) is 22.9 Å². The molecule has 0 fully saturated rings. The van der Waals surface area contributed by atoms with E-state index >= 15 is 0 Å². The van der Waals surface area contributed by atoms with E-state index in [1.54, 1.807) is 25.5 Å². The molecule has 0 atom stereocenters. The Bertz CT molecular complexity index is 1500. The molecular weight excluding hydrogens is 497 g/mol. The molecule has 1 amide bonds. The van der Waals surface area contributed by atoms with E-state index in [2.05, 4.69) is 15.1 Å². The van der Waals surface area contributed by atoms with Gasteiger partial charge in [-0.1, -0.05) is 29.3 Å². The SMILES string of the molecule is CN(Cc1cccnc1)C(=O)c1cc(Oc2c(Cl)cc(-n3ncc(=O)[nH]c3=O)cc2Cl)ccc1O. The van der Waals surface area contributed by atoms with Gasteiger partial charge in [0.05, 0.1) is 21.3 Å². The maximum absolute atomic E-state index is 12.9. The first kappa shape index (κ1) is 24.0. The molecule has 4 aromatic rings. The Morgan fingerprint density at radius 3 is 2.54 bits per heavy atom. The van der Waals surface area contributed by atoms with Crippen LogP contribution in [0.1, 0.15) is 15.9 Å². The van der Waals surface area contributed by atoms with Gasteiger partial charge in [-0.3, -0.25) is 19.6 Å². The zero-order valence-corrected chi connectivity index (χ0v) is 19.6. The van der Waals surface area contributed by atoms with Crippen LogP contribution in [-0.2, 0) is 6.54 Å². The molecule has 0 saturated carbocycles. The molecule has 0 unspecified atom stereocenters. The lowest BCUT2D eigenvalue weighted by Gasteiger charge is -2.18. The van der Waals surface area contributed by atoms with Crippen molar-refractivity contribution in [2.45, 2.75) is 6.54 Å². The van der Waals surface area contributed by atoms with Gasteiger partial charge in [0.1, 0.15) is 17.7 Å². The van der Waals surface area contributed by atoms with E-state index in [-0.39, 0.29) is 45.1 Å². The average Bonchev–Trinajstić information content (AvgIpc) is 2.82. The highest BCUT2D eigenvalue weighted by Crippen LogP contribution is 2.39. The van der Waals surface area contributed by atoms with Crippen LogP contribution in [0.2, 0.25) is 10.0 Å². The first-order valence-corrected chi connectivity index (χ1v) is 10.8. The summed E-state index contributed by atoms with van der Waals surface area (Å²) in [6, 6.07) is 10.5. The summed E-state index contributed by atoms with van der Waals surface area (Å²) in [4.78, 5) is 43.7. The van der Waals surface area contributed by atoms with Crippen molar-refractivity contribution < 1.29 is 14.6 Å². The summed E-state index contributed by atoms with van der Waals surface area (Å²) in [5.41, 5.74) is -0.374. The summed E-state index contributed by atoms with van der Waals surface area (Å²) < 4.78 is 6.72. The molecule has 2 N–H and O–H groups in total. The highest BCUT2D eigenvalue weighted by atomic mass is 35.5. The topological polar surface area (TPSA) is 130 Å². The van der Waals surface area contributed by atoms with Crippen LogP contribution in [-0.4, -0.2) is 42.7 Å². The number of phenols is 1. The first-order chi connectivity index (χ1) is 16.7. The van der Waals surface area contributed by atoms with E-state index in [4.69, 9.17) is 27.9 Å². The summed E-state index contributed by atoms with van der Waals surface area (Å²) in [5, 5.41) is 14.1. The zero-order chi connectivity index (χ0) is 25.1. The maximum Gasteiger partial charge on any atom is 0.349 e. The first-order valence-electron chi connectivity index (χ1n) is 10.1. The number of nitrogens with one attached hydrogen (secondary N) is 1. The molecule has 10 nitrogen and oxygen atoms in total. The fraction of sp³-hybridized carbons (Fsp3) is 0.0870. The van der Waals surface area contributed by atoms with Crippen molar-refractivity contribution in [2.24, 2.45) is 0 Å². The molecule has 178 valence electrons. The quantitative estimate of drug-likeness (QED) is 0.403. The molecule has 35 heavy (non-hydrogen) atoms. The minimum absolute atomic E-state index is 0.0155. The van der Waals surface area contributed by atoms with Crippen molar-refractivity contribution in [1.82, 2.24) is 24.6 Å². The number of phenolic OH excluding ortho intramolecular Hbond substituents is 1. The predicted octanol–water partition coefficient (Wildman–Crippen LogP) is 3.39. The number of pyridine rings is 1. The van der Waals surface area contributed by atoms with E-state index < -0.39 is 17.2 Å². The van der Waals surface area contributed by atoms with Crippen LogP contribution in [0, 0.1) is 0 Å². The van der Waals surface area contributed by atoms with Gasteiger partial charge in [0, 0.05) is 26.0 Å². The van der Waals surface area contributed by atoms with Crippen LogP contribution in [0.4, 0.5) is 0 Å². The molecule has 0 aliphatic rings. The Morgan fingerprint density at radius 2 is 1.89 bits per heavy atom. The molecule has 0 radical (unpaired) electrons. The van der Waals surface area contributed by atoms with Gasteiger partial charge in [-0.25, -0.2) is 4.79 Å². The lowest BCUT2D eigenvalue weighted by Crippen LogP contribution is -2.30. The minimum atomic E-state index is -0.768. The Hall–Kier alpha value is -4.15. The molecule has 0 saturated heterocycles. The van der Waals surface area contributed by atoms with Gasteiger partial charge in [0.2, 0.25) is 0 Å². The van der Waals surface area contributed by atoms with Gasteiger partial charge < -0.3 is 14.7 Å². The van der Waals surface area contributed by atoms with Crippen molar-refractivity contribution in [1.29, 1.82) is 0 Å². The third-order valence-electron chi connectivity index (χ3n) is 4.85. The second-order valence-electron chi connectivity index (χ2n) is 7.39. The summed E-state index contributed by atoms with van der Waals surface area (Å²) in [6.45, 7) is 0.286. The maximum atomic E-state index is 12.9. The van der Waals surface area contributed by atoms with Crippen molar-refractivity contribution in [2.75, 3.05) is 7.05 Å². The number of hydrogen-bond donors (Lipinski definition) is 2. The lowest BCUT2D eigenvalue weighted by atomic mass is 10.1. The van der Waals surface area contributed by atoms with E-state index in [0.717, 1.165) is 16.4 Å². The molecule has 12 heteroatoms. The Kier molecular flexibility index (Phi) is 6.85. The number of aromatic nitrogens is 4.